The number of anilines is 2. The monoisotopic (exact) mass is 675 g/mol. The van der Waals surface area contributed by atoms with Gasteiger partial charge < -0.3 is 16.0 Å². The number of hydrogen-bond donors (Lipinski definition) is 3. The molecule has 5 rings (SSSR count). The molecule has 224 valence electrons. The fraction of sp³-hybridized carbons (Fsp3) is 0.0541. The first-order valence-corrected chi connectivity index (χ1v) is 15.9. The van der Waals surface area contributed by atoms with Crippen molar-refractivity contribution >= 4 is 62.9 Å². The minimum absolute atomic E-state index is 0.104. The molecule has 0 aromatic heterocycles. The molecule has 0 aliphatic carbocycles. The van der Waals surface area contributed by atoms with Gasteiger partial charge in [0.05, 0.1) is 0 Å². The highest BCUT2D eigenvalue weighted by atomic mass is 79.9. The summed E-state index contributed by atoms with van der Waals surface area (Å²) >= 11 is 4.80. The van der Waals surface area contributed by atoms with Crippen molar-refractivity contribution in [3.8, 4) is 0 Å². The predicted molar refractivity (Wildman–Crippen MR) is 186 cm³/mol. The maximum Gasteiger partial charge on any atom is 0.272 e. The fourth-order valence-electron chi connectivity index (χ4n) is 4.47. The van der Waals surface area contributed by atoms with Crippen molar-refractivity contribution in [2.24, 2.45) is 0 Å². The van der Waals surface area contributed by atoms with Gasteiger partial charge in [-0.15, -0.1) is 11.8 Å². The van der Waals surface area contributed by atoms with Gasteiger partial charge in [0.1, 0.15) is 10.9 Å². The smallest absolute Gasteiger partial charge is 0.272 e. The average Bonchev–Trinajstić information content (AvgIpc) is 3.06. The number of aryl methyl sites for hydroxylation is 1. The number of thioether (sulfide) groups is 1. The third-order valence-electron chi connectivity index (χ3n) is 6.82. The molecule has 3 N–H and O–H groups in total. The van der Waals surface area contributed by atoms with Crippen molar-refractivity contribution in [3.63, 3.8) is 0 Å². The Balaban J connectivity index is 1.38. The SMILES string of the molecule is Cc1ccccc1/C=C(\NC(=O)c1ccccc1)C(=O)Nc1cccc(SC(C(=O)Nc2ccc(Br)cc2)c2ccccc2)c1. The Morgan fingerprint density at radius 3 is 2.09 bits per heavy atom. The number of hydrogen-bond acceptors (Lipinski definition) is 4. The number of halogens is 1. The van der Waals surface area contributed by atoms with Crippen molar-refractivity contribution in [1.29, 1.82) is 0 Å². The van der Waals surface area contributed by atoms with Gasteiger partial charge in [-0.2, -0.15) is 0 Å². The van der Waals surface area contributed by atoms with E-state index in [1.54, 1.807) is 36.4 Å². The van der Waals surface area contributed by atoms with Crippen LogP contribution in [0.15, 0.2) is 149 Å². The minimum atomic E-state index is -0.553. The van der Waals surface area contributed by atoms with Crippen LogP contribution in [0.1, 0.15) is 32.3 Å². The van der Waals surface area contributed by atoms with E-state index in [0.29, 0.717) is 16.9 Å². The second-order valence-electron chi connectivity index (χ2n) is 10.1. The van der Waals surface area contributed by atoms with Crippen molar-refractivity contribution in [1.82, 2.24) is 5.32 Å². The molecule has 0 aliphatic heterocycles. The van der Waals surface area contributed by atoms with Gasteiger partial charge in [0.25, 0.3) is 11.8 Å². The van der Waals surface area contributed by atoms with Crippen molar-refractivity contribution in [2.45, 2.75) is 17.1 Å². The van der Waals surface area contributed by atoms with Gasteiger partial charge in [-0.25, -0.2) is 0 Å². The predicted octanol–water partition coefficient (Wildman–Crippen LogP) is 8.64. The molecule has 0 heterocycles. The first-order valence-electron chi connectivity index (χ1n) is 14.2. The molecule has 0 saturated carbocycles. The molecule has 0 saturated heterocycles. The summed E-state index contributed by atoms with van der Waals surface area (Å²) in [6.45, 7) is 1.94. The molecule has 6 nitrogen and oxygen atoms in total. The van der Waals surface area contributed by atoms with Crippen LogP contribution in [-0.2, 0) is 9.59 Å². The van der Waals surface area contributed by atoms with E-state index in [2.05, 4.69) is 31.9 Å². The van der Waals surface area contributed by atoms with Crippen molar-refractivity contribution in [3.05, 3.63) is 166 Å². The number of carbonyl (C=O) groups is 3. The number of rotatable bonds is 10. The number of amides is 3. The van der Waals surface area contributed by atoms with Crippen LogP contribution >= 0.6 is 27.7 Å². The lowest BCUT2D eigenvalue weighted by Crippen LogP contribution is -2.30. The van der Waals surface area contributed by atoms with Crippen molar-refractivity contribution in [2.75, 3.05) is 10.6 Å². The molecule has 0 spiro atoms. The van der Waals surface area contributed by atoms with E-state index in [0.717, 1.165) is 26.1 Å². The molecule has 5 aromatic carbocycles. The molecular weight excluding hydrogens is 646 g/mol. The summed E-state index contributed by atoms with van der Waals surface area (Å²) in [6.07, 6.45) is 1.67. The summed E-state index contributed by atoms with van der Waals surface area (Å²) in [7, 11) is 0. The second-order valence-corrected chi connectivity index (χ2v) is 12.2. The largest absolute Gasteiger partial charge is 0.325 e. The fourth-order valence-corrected chi connectivity index (χ4v) is 5.82. The Bertz CT molecular complexity index is 1830. The standard InChI is InChI=1S/C37H30BrN3O3S/c1-25-11-8-9-16-28(25)23-33(41-35(42)27-14-6-3-7-15-27)36(43)40-31-17-10-18-32(24-31)45-34(26-12-4-2-5-13-26)37(44)39-30-21-19-29(38)20-22-30/h2-24,34H,1H3,(H,39,44)(H,40,43)(H,41,42)/b33-23-. The molecule has 0 fully saturated rings. The number of carbonyl (C=O) groups excluding carboxylic acids is 3. The summed E-state index contributed by atoms with van der Waals surface area (Å²) in [5.41, 5.74) is 4.37. The second kappa shape index (κ2) is 15.2. The lowest BCUT2D eigenvalue weighted by atomic mass is 10.1. The quantitative estimate of drug-likeness (QED) is 0.102. The highest BCUT2D eigenvalue weighted by Gasteiger charge is 2.23. The van der Waals surface area contributed by atoms with Gasteiger partial charge in [0, 0.05) is 26.3 Å². The highest BCUT2D eigenvalue weighted by Crippen LogP contribution is 2.37. The van der Waals surface area contributed by atoms with Crippen LogP contribution in [0.3, 0.4) is 0 Å². The summed E-state index contributed by atoms with van der Waals surface area (Å²) in [6, 6.07) is 40.6. The van der Waals surface area contributed by atoms with Crippen LogP contribution in [0.5, 0.6) is 0 Å². The Labute approximate surface area is 275 Å². The molecule has 45 heavy (non-hydrogen) atoms. The molecule has 3 amide bonds. The normalized spacial score (nSPS) is 11.7. The lowest BCUT2D eigenvalue weighted by molar-refractivity contribution is -0.116. The van der Waals surface area contributed by atoms with Crippen LogP contribution in [-0.4, -0.2) is 17.7 Å². The molecular formula is C37H30BrN3O3S. The van der Waals surface area contributed by atoms with E-state index in [1.165, 1.54) is 11.8 Å². The molecule has 0 bridgehead atoms. The summed E-state index contributed by atoms with van der Waals surface area (Å²) < 4.78 is 0.921. The highest BCUT2D eigenvalue weighted by molar-refractivity contribution is 9.10. The van der Waals surface area contributed by atoms with E-state index in [-0.39, 0.29) is 11.6 Å². The molecule has 0 radical (unpaired) electrons. The zero-order valence-corrected chi connectivity index (χ0v) is 26.8. The van der Waals surface area contributed by atoms with E-state index in [1.807, 2.05) is 110 Å². The lowest BCUT2D eigenvalue weighted by Gasteiger charge is -2.18. The molecule has 1 atom stereocenters. The number of nitrogens with one attached hydrogen (secondary N) is 3. The van der Waals surface area contributed by atoms with Crippen LogP contribution in [0.4, 0.5) is 11.4 Å². The Hall–Kier alpha value is -4.92. The Morgan fingerprint density at radius 1 is 0.711 bits per heavy atom. The van der Waals surface area contributed by atoms with Crippen molar-refractivity contribution < 1.29 is 14.4 Å². The van der Waals surface area contributed by atoms with Gasteiger partial charge in [0.15, 0.2) is 0 Å². The Morgan fingerprint density at radius 2 is 1.38 bits per heavy atom. The van der Waals surface area contributed by atoms with E-state index in [9.17, 15) is 14.4 Å². The summed E-state index contributed by atoms with van der Waals surface area (Å²) in [5, 5.41) is 8.17. The Kier molecular flexibility index (Phi) is 10.6. The number of benzene rings is 5. The topological polar surface area (TPSA) is 87.3 Å². The van der Waals surface area contributed by atoms with Gasteiger partial charge in [-0.1, -0.05) is 94.8 Å². The van der Waals surface area contributed by atoms with E-state index >= 15 is 0 Å². The van der Waals surface area contributed by atoms with E-state index in [4.69, 9.17) is 0 Å². The third-order valence-corrected chi connectivity index (χ3v) is 8.59. The van der Waals surface area contributed by atoms with Gasteiger partial charge in [-0.3, -0.25) is 14.4 Å². The van der Waals surface area contributed by atoms with Crippen LogP contribution in [0.2, 0.25) is 0 Å². The zero-order chi connectivity index (χ0) is 31.6. The third kappa shape index (κ3) is 8.81. The zero-order valence-electron chi connectivity index (χ0n) is 24.4. The molecule has 8 heteroatoms. The molecule has 0 aliphatic rings. The summed E-state index contributed by atoms with van der Waals surface area (Å²) in [4.78, 5) is 40.9. The maximum atomic E-state index is 13.6. The van der Waals surface area contributed by atoms with Crippen LogP contribution in [0, 0.1) is 6.92 Å². The first-order chi connectivity index (χ1) is 21.9. The van der Waals surface area contributed by atoms with Gasteiger partial charge >= 0.3 is 0 Å². The van der Waals surface area contributed by atoms with Crippen LogP contribution in [0.25, 0.3) is 6.08 Å². The van der Waals surface area contributed by atoms with Gasteiger partial charge in [0.2, 0.25) is 5.91 Å². The molecule has 1 unspecified atom stereocenters. The average molecular weight is 677 g/mol. The maximum absolute atomic E-state index is 13.6. The minimum Gasteiger partial charge on any atom is -0.325 e. The first kappa shape index (κ1) is 31.5. The molecule has 5 aromatic rings. The van der Waals surface area contributed by atoms with Crippen LogP contribution < -0.4 is 16.0 Å². The summed E-state index contributed by atoms with van der Waals surface area (Å²) in [5.74, 6) is -1.04. The van der Waals surface area contributed by atoms with E-state index < -0.39 is 17.1 Å². The van der Waals surface area contributed by atoms with Gasteiger partial charge in [-0.05, 0) is 84.3 Å².